The maximum Gasteiger partial charge on any atom is 0.223 e. The van der Waals surface area contributed by atoms with Crippen molar-refractivity contribution in [1.29, 1.82) is 0 Å². The highest BCUT2D eigenvalue weighted by Gasteiger charge is 2.13. The first kappa shape index (κ1) is 13.1. The monoisotopic (exact) mass is 265 g/mol. The number of nitrogen functional groups attached to an aromatic ring is 1. The molecule has 0 saturated heterocycles. The minimum Gasteiger partial charge on any atom is -0.368 e. The van der Waals surface area contributed by atoms with E-state index in [0.29, 0.717) is 11.2 Å². The van der Waals surface area contributed by atoms with Gasteiger partial charge in [-0.15, -0.1) is 11.8 Å². The summed E-state index contributed by atoms with van der Waals surface area (Å²) in [5.41, 5.74) is 7.49. The molecule has 0 spiro atoms. The molecule has 0 fully saturated rings. The number of aryl methyl sites for hydroxylation is 1. The molecule has 2 aromatic rings. The zero-order valence-corrected chi connectivity index (χ0v) is 11.9. The molecule has 0 aromatic carbocycles. The summed E-state index contributed by atoms with van der Waals surface area (Å²) >= 11 is 1.67. The summed E-state index contributed by atoms with van der Waals surface area (Å²) in [6, 6.07) is 0. The third-order valence-electron chi connectivity index (χ3n) is 2.55. The zero-order valence-electron chi connectivity index (χ0n) is 11.1. The number of hydrogen-bond acceptors (Lipinski definition) is 5. The number of nitrogens with zero attached hydrogens (tertiary/aromatic N) is 4. The van der Waals surface area contributed by atoms with Crippen molar-refractivity contribution >= 4 is 28.9 Å². The van der Waals surface area contributed by atoms with Gasteiger partial charge in [0.15, 0.2) is 5.65 Å². The number of unbranched alkanes of at least 4 members (excludes halogenated alkanes) is 1. The molecule has 0 atom stereocenters. The third kappa shape index (κ3) is 2.75. The highest BCUT2D eigenvalue weighted by atomic mass is 32.2. The summed E-state index contributed by atoms with van der Waals surface area (Å²) in [6.07, 6.45) is 4.09. The second kappa shape index (κ2) is 5.56. The van der Waals surface area contributed by atoms with Gasteiger partial charge in [-0.25, -0.2) is 9.97 Å². The fourth-order valence-corrected chi connectivity index (χ4v) is 2.58. The highest BCUT2D eigenvalue weighted by Crippen LogP contribution is 2.27. The van der Waals surface area contributed by atoms with E-state index in [1.54, 1.807) is 11.8 Å². The van der Waals surface area contributed by atoms with Crippen LogP contribution in [0.1, 0.15) is 33.6 Å². The van der Waals surface area contributed by atoms with Crippen LogP contribution in [-0.2, 0) is 6.54 Å². The van der Waals surface area contributed by atoms with Gasteiger partial charge >= 0.3 is 0 Å². The van der Waals surface area contributed by atoms with E-state index in [-0.39, 0.29) is 0 Å². The van der Waals surface area contributed by atoms with E-state index in [4.69, 9.17) is 5.73 Å². The second-order valence-corrected chi connectivity index (χ2v) is 6.08. The summed E-state index contributed by atoms with van der Waals surface area (Å²) in [4.78, 5) is 13.0. The Labute approximate surface area is 111 Å². The molecule has 0 saturated carbocycles. The Bertz CT molecular complexity index is 534. The van der Waals surface area contributed by atoms with Gasteiger partial charge in [-0.2, -0.15) is 4.98 Å². The van der Waals surface area contributed by atoms with Crippen LogP contribution >= 0.6 is 11.8 Å². The van der Waals surface area contributed by atoms with E-state index in [2.05, 4.69) is 40.3 Å². The van der Waals surface area contributed by atoms with Crippen molar-refractivity contribution in [3.63, 3.8) is 0 Å². The first-order valence-electron chi connectivity index (χ1n) is 6.26. The summed E-state index contributed by atoms with van der Waals surface area (Å²) in [7, 11) is 0. The number of anilines is 1. The molecule has 0 aliphatic carbocycles. The van der Waals surface area contributed by atoms with Gasteiger partial charge in [-0.3, -0.25) is 0 Å². The Morgan fingerprint density at radius 2 is 2.17 bits per heavy atom. The van der Waals surface area contributed by atoms with Crippen LogP contribution in [0.15, 0.2) is 11.4 Å². The Hall–Kier alpha value is -1.30. The van der Waals surface area contributed by atoms with Gasteiger partial charge in [0.1, 0.15) is 10.5 Å². The summed E-state index contributed by atoms with van der Waals surface area (Å²) in [5, 5.41) is 1.33. The van der Waals surface area contributed by atoms with Crippen LogP contribution < -0.4 is 5.73 Å². The lowest BCUT2D eigenvalue weighted by atomic mass is 10.3. The average Bonchev–Trinajstić information content (AvgIpc) is 2.68. The Kier molecular flexibility index (Phi) is 4.06. The van der Waals surface area contributed by atoms with Crippen molar-refractivity contribution in [1.82, 2.24) is 19.5 Å². The van der Waals surface area contributed by atoms with Crippen LogP contribution in [-0.4, -0.2) is 24.8 Å². The Morgan fingerprint density at radius 3 is 2.83 bits per heavy atom. The Morgan fingerprint density at radius 1 is 1.39 bits per heavy atom. The van der Waals surface area contributed by atoms with Crippen molar-refractivity contribution in [3.05, 3.63) is 6.33 Å². The third-order valence-corrected chi connectivity index (χ3v) is 3.53. The summed E-state index contributed by atoms with van der Waals surface area (Å²) in [6.45, 7) is 7.35. The maximum absolute atomic E-state index is 5.78. The predicted octanol–water partition coefficient (Wildman–Crippen LogP) is 2.71. The SMILES string of the molecule is CCCCn1cnc2c(SC(C)C)nc(N)nc21. The topological polar surface area (TPSA) is 69.6 Å². The van der Waals surface area contributed by atoms with E-state index in [1.165, 1.54) is 0 Å². The molecule has 18 heavy (non-hydrogen) atoms. The van der Waals surface area contributed by atoms with Crippen LogP contribution in [0.3, 0.4) is 0 Å². The molecule has 5 nitrogen and oxygen atoms in total. The number of aromatic nitrogens is 4. The van der Waals surface area contributed by atoms with E-state index < -0.39 is 0 Å². The molecule has 2 N–H and O–H groups in total. The molecule has 0 aliphatic rings. The van der Waals surface area contributed by atoms with Crippen molar-refractivity contribution in [2.24, 2.45) is 0 Å². The van der Waals surface area contributed by atoms with Crippen LogP contribution in [0.25, 0.3) is 11.2 Å². The molecule has 2 heterocycles. The summed E-state index contributed by atoms with van der Waals surface area (Å²) < 4.78 is 2.06. The molecular formula is C12H19N5S. The number of fused-ring (bicyclic) bond motifs is 1. The number of thioether (sulfide) groups is 1. The van der Waals surface area contributed by atoms with Crippen molar-refractivity contribution < 1.29 is 0 Å². The normalized spacial score (nSPS) is 11.6. The van der Waals surface area contributed by atoms with Gasteiger partial charge in [0.25, 0.3) is 0 Å². The van der Waals surface area contributed by atoms with Gasteiger partial charge in [-0.05, 0) is 6.42 Å². The number of imidazole rings is 1. The first-order chi connectivity index (χ1) is 8.61. The lowest BCUT2D eigenvalue weighted by Crippen LogP contribution is -2.02. The lowest BCUT2D eigenvalue weighted by molar-refractivity contribution is 0.641. The standard InChI is InChI=1S/C12H19N5S/c1-4-5-6-17-7-14-9-10(17)15-12(13)16-11(9)18-8(2)3/h7-8H,4-6H2,1-3H3,(H2,13,15,16). The second-order valence-electron chi connectivity index (χ2n) is 4.52. The molecule has 0 radical (unpaired) electrons. The van der Waals surface area contributed by atoms with Crippen LogP contribution in [0.2, 0.25) is 0 Å². The lowest BCUT2D eigenvalue weighted by Gasteiger charge is -2.06. The molecule has 6 heteroatoms. The van der Waals surface area contributed by atoms with Gasteiger partial charge in [-0.1, -0.05) is 27.2 Å². The number of hydrogen-bond donors (Lipinski definition) is 1. The molecule has 0 unspecified atom stereocenters. The Balaban J connectivity index is 2.44. The quantitative estimate of drug-likeness (QED) is 0.665. The molecule has 0 bridgehead atoms. The molecule has 2 aromatic heterocycles. The fraction of sp³-hybridized carbons (Fsp3) is 0.583. The molecule has 2 rings (SSSR count). The first-order valence-corrected chi connectivity index (χ1v) is 7.14. The average molecular weight is 265 g/mol. The predicted molar refractivity (Wildman–Crippen MR) is 75.6 cm³/mol. The minimum atomic E-state index is 0.323. The molecule has 98 valence electrons. The van der Waals surface area contributed by atoms with Crippen molar-refractivity contribution in [3.8, 4) is 0 Å². The van der Waals surface area contributed by atoms with Gasteiger partial charge in [0, 0.05) is 11.8 Å². The van der Waals surface area contributed by atoms with Crippen LogP contribution in [0.4, 0.5) is 5.95 Å². The van der Waals surface area contributed by atoms with Crippen molar-refractivity contribution in [2.45, 2.75) is 50.4 Å². The minimum absolute atomic E-state index is 0.323. The molecule has 0 aliphatic heterocycles. The van der Waals surface area contributed by atoms with Crippen LogP contribution in [0.5, 0.6) is 0 Å². The fourth-order valence-electron chi connectivity index (χ4n) is 1.73. The highest BCUT2D eigenvalue weighted by molar-refractivity contribution is 8.00. The van der Waals surface area contributed by atoms with E-state index >= 15 is 0 Å². The zero-order chi connectivity index (χ0) is 13.1. The largest absolute Gasteiger partial charge is 0.368 e. The molecular weight excluding hydrogens is 246 g/mol. The van der Waals surface area contributed by atoms with Gasteiger partial charge < -0.3 is 10.3 Å². The maximum atomic E-state index is 5.78. The summed E-state index contributed by atoms with van der Waals surface area (Å²) in [5.74, 6) is 0.323. The van der Waals surface area contributed by atoms with Gasteiger partial charge in [0.2, 0.25) is 5.95 Å². The van der Waals surface area contributed by atoms with Gasteiger partial charge in [0.05, 0.1) is 6.33 Å². The smallest absolute Gasteiger partial charge is 0.223 e. The van der Waals surface area contributed by atoms with Crippen molar-refractivity contribution in [2.75, 3.05) is 5.73 Å². The number of nitrogens with two attached hydrogens (primary N) is 1. The number of rotatable bonds is 5. The van der Waals surface area contributed by atoms with Crippen LogP contribution in [0, 0.1) is 0 Å². The van der Waals surface area contributed by atoms with E-state index in [1.807, 2.05) is 6.33 Å². The van der Waals surface area contributed by atoms with E-state index in [0.717, 1.165) is 35.6 Å². The van der Waals surface area contributed by atoms with E-state index in [9.17, 15) is 0 Å². The molecule has 0 amide bonds.